The summed E-state index contributed by atoms with van der Waals surface area (Å²) in [6.45, 7) is 7.34. The molecule has 1 unspecified atom stereocenters. The zero-order valence-corrected chi connectivity index (χ0v) is 13.1. The number of benzene rings is 1. The third kappa shape index (κ3) is 2.83. The van der Waals surface area contributed by atoms with Gasteiger partial charge in [0.2, 0.25) is 5.91 Å². The molecule has 1 aromatic carbocycles. The van der Waals surface area contributed by atoms with Crippen LogP contribution in [0.2, 0.25) is 0 Å². The minimum atomic E-state index is -0.284. The maximum Gasteiger partial charge on any atom is 0.244 e. The Kier molecular flexibility index (Phi) is 3.76. The van der Waals surface area contributed by atoms with Gasteiger partial charge in [0, 0.05) is 6.54 Å². The molecule has 0 radical (unpaired) electrons. The largest absolute Gasteiger partial charge is 0.377 e. The van der Waals surface area contributed by atoms with Crippen LogP contribution in [0.3, 0.4) is 0 Å². The van der Waals surface area contributed by atoms with Crippen molar-refractivity contribution in [3.8, 4) is 0 Å². The van der Waals surface area contributed by atoms with Gasteiger partial charge >= 0.3 is 0 Å². The van der Waals surface area contributed by atoms with Gasteiger partial charge in [-0.2, -0.15) is 0 Å². The Morgan fingerprint density at radius 1 is 1.33 bits per heavy atom. The fraction of sp³-hybridized carbons (Fsp3) is 0.588. The molecular weight excluding hydrogens is 264 g/mol. The van der Waals surface area contributed by atoms with Crippen LogP contribution in [0.1, 0.15) is 44.0 Å². The summed E-state index contributed by atoms with van der Waals surface area (Å²) < 4.78 is 5.62. The minimum Gasteiger partial charge on any atom is -0.377 e. The highest BCUT2D eigenvalue weighted by Gasteiger charge is 2.59. The summed E-state index contributed by atoms with van der Waals surface area (Å²) in [5.41, 5.74) is 2.11. The van der Waals surface area contributed by atoms with Gasteiger partial charge < -0.3 is 9.64 Å². The Morgan fingerprint density at radius 2 is 2.00 bits per heavy atom. The van der Waals surface area contributed by atoms with E-state index in [4.69, 9.17) is 4.74 Å². The number of amides is 1. The van der Waals surface area contributed by atoms with E-state index in [0.717, 1.165) is 18.4 Å². The Labute approximate surface area is 126 Å². The lowest BCUT2D eigenvalue weighted by Gasteiger charge is -2.25. The van der Waals surface area contributed by atoms with Crippen LogP contribution in [0.5, 0.6) is 0 Å². The fourth-order valence-corrected chi connectivity index (χ4v) is 2.91. The summed E-state index contributed by atoms with van der Waals surface area (Å²) in [4.78, 5) is 14.6. The first-order valence-corrected chi connectivity index (χ1v) is 7.79. The molecule has 2 fully saturated rings. The molecule has 114 valence electrons. The Morgan fingerprint density at radius 3 is 2.57 bits per heavy atom. The first-order valence-electron chi connectivity index (χ1n) is 7.79. The number of rotatable bonds is 5. The monoisotopic (exact) mass is 288 g/mol. The standard InChI is InChI=1S/C17H24N2O2/c1-12(2)21-11-10-19-15(14-6-4-13(3)5-7-14)18-17(8-9-17)16(19)20/h4-7,12,15,18H,8-11H2,1-3H3. The van der Waals surface area contributed by atoms with Crippen LogP contribution >= 0.6 is 0 Å². The van der Waals surface area contributed by atoms with Crippen molar-refractivity contribution < 1.29 is 9.53 Å². The summed E-state index contributed by atoms with van der Waals surface area (Å²) in [6, 6.07) is 8.42. The van der Waals surface area contributed by atoms with Crippen LogP contribution < -0.4 is 5.32 Å². The molecule has 1 aliphatic carbocycles. The number of nitrogens with one attached hydrogen (secondary N) is 1. The van der Waals surface area contributed by atoms with Crippen LogP contribution in [-0.4, -0.2) is 35.6 Å². The second-order valence-electron chi connectivity index (χ2n) is 6.46. The number of carbonyl (C=O) groups excluding carboxylic acids is 1. The van der Waals surface area contributed by atoms with E-state index in [9.17, 15) is 4.79 Å². The van der Waals surface area contributed by atoms with Crippen molar-refractivity contribution in [1.82, 2.24) is 10.2 Å². The van der Waals surface area contributed by atoms with Crippen molar-refractivity contribution in [2.45, 2.75) is 51.4 Å². The van der Waals surface area contributed by atoms with Crippen LogP contribution in [0, 0.1) is 6.92 Å². The molecule has 1 saturated carbocycles. The van der Waals surface area contributed by atoms with Crippen molar-refractivity contribution in [2.75, 3.05) is 13.2 Å². The lowest BCUT2D eigenvalue weighted by molar-refractivity contribution is -0.131. The van der Waals surface area contributed by atoms with E-state index >= 15 is 0 Å². The number of aryl methyl sites for hydroxylation is 1. The number of ether oxygens (including phenoxy) is 1. The van der Waals surface area contributed by atoms with Crippen molar-refractivity contribution in [3.05, 3.63) is 35.4 Å². The van der Waals surface area contributed by atoms with E-state index in [1.54, 1.807) is 0 Å². The van der Waals surface area contributed by atoms with Crippen molar-refractivity contribution >= 4 is 5.91 Å². The maximum atomic E-state index is 12.6. The molecule has 1 saturated heterocycles. The van der Waals surface area contributed by atoms with E-state index < -0.39 is 0 Å². The number of hydrogen-bond donors (Lipinski definition) is 1. The lowest BCUT2D eigenvalue weighted by atomic mass is 10.1. The first-order chi connectivity index (χ1) is 10.0. The third-order valence-electron chi connectivity index (χ3n) is 4.32. The predicted octanol–water partition coefficient (Wildman–Crippen LogP) is 2.38. The van der Waals surface area contributed by atoms with Crippen molar-refractivity contribution in [2.24, 2.45) is 0 Å². The maximum absolute atomic E-state index is 12.6. The highest BCUT2D eigenvalue weighted by atomic mass is 16.5. The highest BCUT2D eigenvalue weighted by molar-refractivity contribution is 5.92. The summed E-state index contributed by atoms with van der Waals surface area (Å²) in [5, 5.41) is 3.54. The smallest absolute Gasteiger partial charge is 0.244 e. The molecule has 1 heterocycles. The minimum absolute atomic E-state index is 0.0173. The van der Waals surface area contributed by atoms with Gasteiger partial charge in [0.25, 0.3) is 0 Å². The molecule has 1 atom stereocenters. The summed E-state index contributed by atoms with van der Waals surface area (Å²) in [7, 11) is 0. The van der Waals surface area contributed by atoms with Crippen molar-refractivity contribution in [1.29, 1.82) is 0 Å². The number of nitrogens with zero attached hydrogens (tertiary/aromatic N) is 1. The van der Waals surface area contributed by atoms with Gasteiger partial charge in [0.15, 0.2) is 0 Å². The van der Waals surface area contributed by atoms with Crippen LogP contribution in [0.15, 0.2) is 24.3 Å². The second-order valence-corrected chi connectivity index (χ2v) is 6.46. The van der Waals surface area contributed by atoms with Gasteiger partial charge in [0.05, 0.1) is 12.7 Å². The second kappa shape index (κ2) is 5.43. The van der Waals surface area contributed by atoms with Crippen LogP contribution in [0.4, 0.5) is 0 Å². The van der Waals surface area contributed by atoms with E-state index in [-0.39, 0.29) is 23.7 Å². The quantitative estimate of drug-likeness (QED) is 0.904. The Bertz CT molecular complexity index is 520. The molecule has 2 aliphatic rings. The SMILES string of the molecule is Cc1ccc(C2NC3(CC3)C(=O)N2CCOC(C)C)cc1. The normalized spacial score (nSPS) is 23.3. The molecule has 0 bridgehead atoms. The predicted molar refractivity (Wildman–Crippen MR) is 81.8 cm³/mol. The molecule has 1 aromatic rings. The van der Waals surface area contributed by atoms with Gasteiger partial charge in [-0.15, -0.1) is 0 Å². The molecule has 21 heavy (non-hydrogen) atoms. The zero-order valence-electron chi connectivity index (χ0n) is 13.1. The van der Waals surface area contributed by atoms with Crippen LogP contribution in [0.25, 0.3) is 0 Å². The average molecular weight is 288 g/mol. The molecule has 3 rings (SSSR count). The molecule has 1 aliphatic heterocycles. The Hall–Kier alpha value is -1.39. The van der Waals surface area contributed by atoms with E-state index in [1.807, 2.05) is 18.7 Å². The van der Waals surface area contributed by atoms with Gasteiger partial charge in [-0.25, -0.2) is 0 Å². The summed E-state index contributed by atoms with van der Waals surface area (Å²) in [5.74, 6) is 0.237. The zero-order chi connectivity index (χ0) is 15.0. The Balaban J connectivity index is 1.76. The average Bonchev–Trinajstić information content (AvgIpc) is 3.17. The van der Waals surface area contributed by atoms with E-state index in [2.05, 4.69) is 36.5 Å². The lowest BCUT2D eigenvalue weighted by Crippen LogP contribution is -2.35. The molecule has 4 heteroatoms. The van der Waals surface area contributed by atoms with Gasteiger partial charge in [-0.1, -0.05) is 29.8 Å². The van der Waals surface area contributed by atoms with Gasteiger partial charge in [0.1, 0.15) is 11.7 Å². The molecular formula is C17H24N2O2. The van der Waals surface area contributed by atoms with E-state index in [1.165, 1.54) is 5.56 Å². The van der Waals surface area contributed by atoms with Gasteiger partial charge in [-0.05, 0) is 39.2 Å². The highest BCUT2D eigenvalue weighted by Crippen LogP contribution is 2.45. The molecule has 0 aromatic heterocycles. The summed E-state index contributed by atoms with van der Waals surface area (Å²) in [6.07, 6.45) is 2.09. The molecule has 1 amide bonds. The van der Waals surface area contributed by atoms with Crippen LogP contribution in [-0.2, 0) is 9.53 Å². The topological polar surface area (TPSA) is 41.6 Å². The fourth-order valence-electron chi connectivity index (χ4n) is 2.91. The molecule has 1 spiro atoms. The summed E-state index contributed by atoms with van der Waals surface area (Å²) >= 11 is 0. The molecule has 1 N–H and O–H groups in total. The third-order valence-corrected chi connectivity index (χ3v) is 4.32. The number of hydrogen-bond acceptors (Lipinski definition) is 3. The molecule has 4 nitrogen and oxygen atoms in total. The van der Waals surface area contributed by atoms with Gasteiger partial charge in [-0.3, -0.25) is 10.1 Å². The van der Waals surface area contributed by atoms with E-state index in [0.29, 0.717) is 13.2 Å². The first kappa shape index (κ1) is 14.5. The number of carbonyl (C=O) groups is 1. The van der Waals surface area contributed by atoms with Crippen molar-refractivity contribution in [3.63, 3.8) is 0 Å².